The van der Waals surface area contributed by atoms with Crippen LogP contribution >= 0.6 is 0 Å². The van der Waals surface area contributed by atoms with Gasteiger partial charge in [0.2, 0.25) is 0 Å². The van der Waals surface area contributed by atoms with E-state index < -0.39 is 6.43 Å². The molecule has 1 rings (SSSR count). The summed E-state index contributed by atoms with van der Waals surface area (Å²) in [5, 5.41) is 8.98. The maximum Gasteiger partial charge on any atom is 0.265 e. The highest BCUT2D eigenvalue weighted by molar-refractivity contribution is 5.60. The topological polar surface area (TPSA) is 49.5 Å². The number of nitrogens with zero attached hydrogens (tertiary/aromatic N) is 1. The number of halogens is 2. The van der Waals surface area contributed by atoms with Gasteiger partial charge in [0.05, 0.1) is 6.61 Å². The van der Waals surface area contributed by atoms with Crippen LogP contribution in [-0.4, -0.2) is 24.3 Å². The van der Waals surface area contributed by atoms with Gasteiger partial charge in [-0.1, -0.05) is 0 Å². The predicted molar refractivity (Wildman–Crippen MR) is 65.4 cm³/mol. The number of aliphatic hydroxyl groups excluding tert-OH is 1. The highest BCUT2D eigenvalue weighted by Gasteiger charge is 2.19. The van der Waals surface area contributed by atoms with E-state index in [0.29, 0.717) is 17.9 Å². The van der Waals surface area contributed by atoms with Gasteiger partial charge in [0, 0.05) is 29.5 Å². The van der Waals surface area contributed by atoms with E-state index in [9.17, 15) is 8.78 Å². The average molecular weight is 244 g/mol. The Balaban J connectivity index is 3.17. The molecule has 0 saturated heterocycles. The predicted octanol–water partition coefficient (Wildman–Crippen LogP) is 2.41. The minimum absolute atomic E-state index is 0.0308. The minimum atomic E-state index is -2.58. The maximum atomic E-state index is 12.9. The second-order valence-electron chi connectivity index (χ2n) is 4.13. The van der Waals surface area contributed by atoms with Crippen molar-refractivity contribution < 1.29 is 13.9 Å². The van der Waals surface area contributed by atoms with E-state index in [0.717, 1.165) is 0 Å². The Morgan fingerprint density at radius 1 is 1.35 bits per heavy atom. The summed E-state index contributed by atoms with van der Waals surface area (Å²) in [7, 11) is 0. The molecule has 0 aliphatic rings. The van der Waals surface area contributed by atoms with Crippen LogP contribution in [-0.2, 0) is 0 Å². The van der Waals surface area contributed by atoms with Gasteiger partial charge in [0.25, 0.3) is 6.43 Å². The van der Waals surface area contributed by atoms with Gasteiger partial charge in [-0.2, -0.15) is 0 Å². The molecular weight excluding hydrogens is 226 g/mol. The molecule has 3 nitrogen and oxygen atoms in total. The van der Waals surface area contributed by atoms with Crippen molar-refractivity contribution >= 4 is 11.4 Å². The van der Waals surface area contributed by atoms with Gasteiger partial charge in [-0.3, -0.25) is 0 Å². The third kappa shape index (κ3) is 3.30. The Morgan fingerprint density at radius 3 is 2.47 bits per heavy atom. The van der Waals surface area contributed by atoms with Crippen molar-refractivity contribution in [1.29, 1.82) is 0 Å². The minimum Gasteiger partial charge on any atom is -0.399 e. The summed E-state index contributed by atoms with van der Waals surface area (Å²) < 4.78 is 25.9. The van der Waals surface area contributed by atoms with Gasteiger partial charge in [-0.15, -0.1) is 0 Å². The van der Waals surface area contributed by atoms with Gasteiger partial charge >= 0.3 is 0 Å². The number of hydrogen-bond donors (Lipinski definition) is 2. The molecule has 0 heterocycles. The molecule has 3 N–H and O–H groups in total. The fourth-order valence-corrected chi connectivity index (χ4v) is 1.77. The number of aliphatic hydroxyl groups is 1. The Morgan fingerprint density at radius 2 is 2.00 bits per heavy atom. The number of hydrogen-bond acceptors (Lipinski definition) is 3. The number of alkyl halides is 2. The molecule has 5 heteroatoms. The summed E-state index contributed by atoms with van der Waals surface area (Å²) in [6.07, 6.45) is -2.58. The van der Waals surface area contributed by atoms with Crippen LogP contribution in [0.15, 0.2) is 18.2 Å². The van der Waals surface area contributed by atoms with Gasteiger partial charge in [0.15, 0.2) is 0 Å². The molecule has 0 aromatic heterocycles. The quantitative estimate of drug-likeness (QED) is 0.782. The lowest BCUT2D eigenvalue weighted by atomic mass is 10.1. The van der Waals surface area contributed by atoms with E-state index in [4.69, 9.17) is 10.8 Å². The van der Waals surface area contributed by atoms with Crippen molar-refractivity contribution in [3.8, 4) is 0 Å². The first-order valence-electron chi connectivity index (χ1n) is 5.52. The Kier molecular flexibility index (Phi) is 4.69. The van der Waals surface area contributed by atoms with E-state index in [1.807, 2.05) is 13.8 Å². The lowest BCUT2D eigenvalue weighted by Crippen LogP contribution is -2.34. The first-order valence-corrected chi connectivity index (χ1v) is 5.52. The van der Waals surface area contributed by atoms with Crippen molar-refractivity contribution in [1.82, 2.24) is 0 Å². The van der Waals surface area contributed by atoms with Crippen molar-refractivity contribution in [2.75, 3.05) is 23.8 Å². The standard InChI is InChI=1S/C12H18F2N2O/c1-8(2)16(5-6-17)11-4-3-9(15)7-10(11)12(13)14/h3-4,7-8,12,17H,5-6,15H2,1-2H3. The molecule has 0 amide bonds. The first kappa shape index (κ1) is 13.7. The van der Waals surface area contributed by atoms with E-state index in [1.54, 1.807) is 17.0 Å². The van der Waals surface area contributed by atoms with Crippen molar-refractivity contribution in [2.45, 2.75) is 26.3 Å². The molecule has 0 atom stereocenters. The molecule has 0 radical (unpaired) electrons. The Bertz CT molecular complexity index is 370. The highest BCUT2D eigenvalue weighted by Crippen LogP contribution is 2.32. The van der Waals surface area contributed by atoms with E-state index in [2.05, 4.69) is 0 Å². The van der Waals surface area contributed by atoms with Crippen molar-refractivity contribution in [3.05, 3.63) is 23.8 Å². The zero-order chi connectivity index (χ0) is 13.0. The molecule has 1 aromatic rings. The Labute approximate surface area is 99.8 Å². The summed E-state index contributed by atoms with van der Waals surface area (Å²) in [6.45, 7) is 4.02. The molecule has 96 valence electrons. The van der Waals surface area contributed by atoms with Crippen LogP contribution in [0.3, 0.4) is 0 Å². The van der Waals surface area contributed by atoms with Crippen molar-refractivity contribution in [2.24, 2.45) is 0 Å². The molecule has 0 fully saturated rings. The van der Waals surface area contributed by atoms with Crippen LogP contribution in [0.25, 0.3) is 0 Å². The lowest BCUT2D eigenvalue weighted by molar-refractivity contribution is 0.151. The maximum absolute atomic E-state index is 12.9. The second-order valence-corrected chi connectivity index (χ2v) is 4.13. The van der Waals surface area contributed by atoms with E-state index in [1.165, 1.54) is 6.07 Å². The van der Waals surface area contributed by atoms with Crippen molar-refractivity contribution in [3.63, 3.8) is 0 Å². The number of nitrogen functional groups attached to an aromatic ring is 1. The normalized spacial score (nSPS) is 11.2. The third-order valence-electron chi connectivity index (χ3n) is 2.56. The molecule has 17 heavy (non-hydrogen) atoms. The Hall–Kier alpha value is -1.36. The third-order valence-corrected chi connectivity index (χ3v) is 2.56. The molecule has 0 spiro atoms. The molecule has 0 saturated carbocycles. The lowest BCUT2D eigenvalue weighted by Gasteiger charge is -2.30. The van der Waals surface area contributed by atoms with Gasteiger partial charge in [0.1, 0.15) is 0 Å². The summed E-state index contributed by atoms with van der Waals surface area (Å²) >= 11 is 0. The van der Waals surface area contributed by atoms with E-state index >= 15 is 0 Å². The summed E-state index contributed by atoms with van der Waals surface area (Å²) in [4.78, 5) is 1.74. The van der Waals surface area contributed by atoms with Crippen LogP contribution in [0.4, 0.5) is 20.2 Å². The monoisotopic (exact) mass is 244 g/mol. The van der Waals surface area contributed by atoms with Crippen LogP contribution < -0.4 is 10.6 Å². The molecule has 0 aliphatic heterocycles. The fourth-order valence-electron chi connectivity index (χ4n) is 1.77. The van der Waals surface area contributed by atoms with Crippen LogP contribution in [0.5, 0.6) is 0 Å². The smallest absolute Gasteiger partial charge is 0.265 e. The number of rotatable bonds is 5. The summed E-state index contributed by atoms with van der Waals surface area (Å²) in [5.41, 5.74) is 6.17. The highest BCUT2D eigenvalue weighted by atomic mass is 19.3. The molecule has 0 aliphatic carbocycles. The van der Waals surface area contributed by atoms with Crippen LogP contribution in [0.1, 0.15) is 25.8 Å². The number of anilines is 2. The SMILES string of the molecule is CC(C)N(CCO)c1ccc(N)cc1C(F)F. The van der Waals surface area contributed by atoms with Gasteiger partial charge in [-0.05, 0) is 32.0 Å². The molecule has 0 unspecified atom stereocenters. The molecule has 0 bridgehead atoms. The fraction of sp³-hybridized carbons (Fsp3) is 0.500. The van der Waals surface area contributed by atoms with Crippen LogP contribution in [0.2, 0.25) is 0 Å². The zero-order valence-corrected chi connectivity index (χ0v) is 10.0. The average Bonchev–Trinajstić information content (AvgIpc) is 2.26. The number of benzene rings is 1. The van der Waals surface area contributed by atoms with Gasteiger partial charge in [-0.25, -0.2) is 8.78 Å². The summed E-state index contributed by atoms with van der Waals surface area (Å²) in [5.74, 6) is 0. The van der Waals surface area contributed by atoms with E-state index in [-0.39, 0.29) is 18.2 Å². The summed E-state index contributed by atoms with van der Waals surface area (Å²) in [6, 6.07) is 4.48. The molecular formula is C12H18F2N2O. The number of nitrogens with two attached hydrogens (primary N) is 1. The largest absolute Gasteiger partial charge is 0.399 e. The zero-order valence-electron chi connectivity index (χ0n) is 10.0. The second kappa shape index (κ2) is 5.82. The van der Waals surface area contributed by atoms with Crippen LogP contribution in [0, 0.1) is 0 Å². The first-order chi connectivity index (χ1) is 7.97. The molecule has 1 aromatic carbocycles. The van der Waals surface area contributed by atoms with Gasteiger partial charge < -0.3 is 15.7 Å².